The molecule has 0 unspecified atom stereocenters. The summed E-state index contributed by atoms with van der Waals surface area (Å²) in [6.07, 6.45) is 4.06. The highest BCUT2D eigenvalue weighted by Crippen LogP contribution is 2.44. The van der Waals surface area contributed by atoms with Gasteiger partial charge in [0.25, 0.3) is 5.89 Å². The Morgan fingerprint density at radius 1 is 1.42 bits per heavy atom. The van der Waals surface area contributed by atoms with Crippen LogP contribution in [0.15, 0.2) is 21.3 Å². The molecule has 2 aromatic heterocycles. The number of carbonyl (C=O) groups excluding carboxylic acids is 1. The van der Waals surface area contributed by atoms with E-state index in [1.165, 1.54) is 0 Å². The van der Waals surface area contributed by atoms with Crippen LogP contribution in [0, 0.1) is 6.92 Å². The zero-order valence-electron chi connectivity index (χ0n) is 13.7. The summed E-state index contributed by atoms with van der Waals surface area (Å²) in [4.78, 5) is 18.7. The molecule has 2 aliphatic heterocycles. The van der Waals surface area contributed by atoms with Crippen molar-refractivity contribution in [2.75, 3.05) is 13.1 Å². The summed E-state index contributed by atoms with van der Waals surface area (Å²) >= 11 is 1.63. The van der Waals surface area contributed by atoms with Gasteiger partial charge >= 0.3 is 0 Å². The van der Waals surface area contributed by atoms with Crippen LogP contribution in [0.5, 0.6) is 0 Å². The maximum Gasteiger partial charge on any atom is 0.255 e. The van der Waals surface area contributed by atoms with Crippen molar-refractivity contribution in [2.45, 2.75) is 50.7 Å². The molecule has 2 aliphatic rings. The molecule has 2 fully saturated rings. The Hall–Kier alpha value is -1.73. The number of amides is 1. The lowest BCUT2D eigenvalue weighted by Gasteiger charge is -2.39. The second-order valence-corrected chi connectivity index (χ2v) is 7.48. The van der Waals surface area contributed by atoms with E-state index >= 15 is 0 Å². The topological polar surface area (TPSA) is 68.5 Å². The maximum absolute atomic E-state index is 12.4. The minimum absolute atomic E-state index is 0.0979. The van der Waals surface area contributed by atoms with Gasteiger partial charge in [0.15, 0.2) is 5.82 Å². The summed E-state index contributed by atoms with van der Waals surface area (Å²) in [5, 5.41) is 7.90. The third kappa shape index (κ3) is 3.10. The van der Waals surface area contributed by atoms with Crippen LogP contribution < -0.4 is 0 Å². The Morgan fingerprint density at radius 2 is 2.25 bits per heavy atom. The summed E-state index contributed by atoms with van der Waals surface area (Å²) in [7, 11) is 0. The fraction of sp³-hybridized carbons (Fsp3) is 0.588. The fourth-order valence-electron chi connectivity index (χ4n) is 3.64. The van der Waals surface area contributed by atoms with Gasteiger partial charge in [-0.2, -0.15) is 16.3 Å². The van der Waals surface area contributed by atoms with E-state index in [0.717, 1.165) is 44.3 Å². The van der Waals surface area contributed by atoms with E-state index in [-0.39, 0.29) is 17.6 Å². The summed E-state index contributed by atoms with van der Waals surface area (Å²) in [5.74, 6) is 1.44. The van der Waals surface area contributed by atoms with Crippen LogP contribution >= 0.6 is 11.3 Å². The van der Waals surface area contributed by atoms with E-state index in [4.69, 9.17) is 9.26 Å². The maximum atomic E-state index is 12.4. The minimum atomic E-state index is -0.133. The fourth-order valence-corrected chi connectivity index (χ4v) is 4.31. The van der Waals surface area contributed by atoms with Gasteiger partial charge in [-0.3, -0.25) is 4.79 Å². The predicted molar refractivity (Wildman–Crippen MR) is 88.7 cm³/mol. The van der Waals surface area contributed by atoms with Crippen molar-refractivity contribution in [3.63, 3.8) is 0 Å². The predicted octanol–water partition coefficient (Wildman–Crippen LogP) is 2.89. The minimum Gasteiger partial charge on any atom is -0.362 e. The number of thiophene rings is 1. The SMILES string of the molecule is Cc1noc([C@H]2CCC3(CCN(C(=O)Cc4ccsc4)CC3)O2)n1. The summed E-state index contributed by atoms with van der Waals surface area (Å²) < 4.78 is 11.5. The van der Waals surface area contributed by atoms with E-state index < -0.39 is 0 Å². The molecule has 0 bridgehead atoms. The smallest absolute Gasteiger partial charge is 0.255 e. The lowest BCUT2D eigenvalue weighted by molar-refractivity contribution is -0.137. The van der Waals surface area contributed by atoms with Gasteiger partial charge in [-0.15, -0.1) is 0 Å². The quantitative estimate of drug-likeness (QED) is 0.854. The van der Waals surface area contributed by atoms with Crippen molar-refractivity contribution in [3.05, 3.63) is 34.1 Å². The van der Waals surface area contributed by atoms with Crippen LogP contribution in [0.2, 0.25) is 0 Å². The van der Waals surface area contributed by atoms with E-state index in [9.17, 15) is 4.79 Å². The van der Waals surface area contributed by atoms with Gasteiger partial charge in [-0.25, -0.2) is 0 Å². The van der Waals surface area contributed by atoms with Crippen molar-refractivity contribution >= 4 is 17.2 Å². The molecular formula is C17H21N3O3S. The normalized spacial score (nSPS) is 23.0. The van der Waals surface area contributed by atoms with Gasteiger partial charge < -0.3 is 14.2 Å². The second-order valence-electron chi connectivity index (χ2n) is 6.70. The van der Waals surface area contributed by atoms with Gasteiger partial charge in [0.05, 0.1) is 12.0 Å². The van der Waals surface area contributed by atoms with Crippen LogP contribution in [-0.2, 0) is 16.0 Å². The zero-order chi connectivity index (χ0) is 16.6. The molecule has 2 saturated heterocycles. The molecule has 0 aromatic carbocycles. The second kappa shape index (κ2) is 6.29. The number of ether oxygens (including phenoxy) is 1. The van der Waals surface area contributed by atoms with E-state index in [1.807, 2.05) is 28.7 Å². The van der Waals surface area contributed by atoms with E-state index in [2.05, 4.69) is 10.1 Å². The van der Waals surface area contributed by atoms with Crippen LogP contribution in [-0.4, -0.2) is 39.6 Å². The van der Waals surface area contributed by atoms with Gasteiger partial charge in [0, 0.05) is 13.1 Å². The number of aryl methyl sites for hydroxylation is 1. The highest BCUT2D eigenvalue weighted by atomic mass is 32.1. The molecule has 0 saturated carbocycles. The number of carbonyl (C=O) groups is 1. The molecule has 0 aliphatic carbocycles. The van der Waals surface area contributed by atoms with Crippen molar-refractivity contribution in [3.8, 4) is 0 Å². The number of rotatable bonds is 3. The number of hydrogen-bond donors (Lipinski definition) is 0. The average molecular weight is 347 g/mol. The van der Waals surface area contributed by atoms with Crippen LogP contribution in [0.25, 0.3) is 0 Å². The first-order valence-corrected chi connectivity index (χ1v) is 9.35. The number of piperidine rings is 1. The summed E-state index contributed by atoms with van der Waals surface area (Å²) in [5.41, 5.74) is 0.973. The molecule has 128 valence electrons. The molecule has 1 amide bonds. The van der Waals surface area contributed by atoms with E-state index in [1.54, 1.807) is 11.3 Å². The van der Waals surface area contributed by atoms with Gasteiger partial charge in [-0.05, 0) is 55.0 Å². The molecular weight excluding hydrogens is 326 g/mol. The van der Waals surface area contributed by atoms with Crippen molar-refractivity contribution in [1.82, 2.24) is 15.0 Å². The summed E-state index contributed by atoms with van der Waals surface area (Å²) in [6.45, 7) is 3.34. The van der Waals surface area contributed by atoms with Crippen molar-refractivity contribution in [1.29, 1.82) is 0 Å². The Morgan fingerprint density at radius 3 is 2.92 bits per heavy atom. The summed E-state index contributed by atoms with van der Waals surface area (Å²) in [6, 6.07) is 2.02. The first-order chi connectivity index (χ1) is 11.6. The molecule has 2 aromatic rings. The number of aromatic nitrogens is 2. The molecule has 6 nitrogen and oxygen atoms in total. The average Bonchev–Trinajstić information content (AvgIpc) is 3.30. The molecule has 4 rings (SSSR count). The van der Waals surface area contributed by atoms with Crippen LogP contribution in [0.4, 0.5) is 0 Å². The molecule has 1 atom stereocenters. The number of hydrogen-bond acceptors (Lipinski definition) is 6. The molecule has 7 heteroatoms. The lowest BCUT2D eigenvalue weighted by atomic mass is 9.88. The highest BCUT2D eigenvalue weighted by Gasteiger charge is 2.45. The van der Waals surface area contributed by atoms with Crippen molar-refractivity contribution in [2.24, 2.45) is 0 Å². The third-order valence-electron chi connectivity index (χ3n) is 5.04. The molecule has 1 spiro atoms. The van der Waals surface area contributed by atoms with E-state index in [0.29, 0.717) is 18.1 Å². The number of likely N-dealkylation sites (tertiary alicyclic amines) is 1. The van der Waals surface area contributed by atoms with Gasteiger partial charge in [0.1, 0.15) is 6.10 Å². The van der Waals surface area contributed by atoms with Crippen LogP contribution in [0.1, 0.15) is 49.1 Å². The molecule has 24 heavy (non-hydrogen) atoms. The monoisotopic (exact) mass is 347 g/mol. The highest BCUT2D eigenvalue weighted by molar-refractivity contribution is 7.07. The Balaban J connectivity index is 1.33. The Labute approximate surface area is 144 Å². The molecule has 0 radical (unpaired) electrons. The Kier molecular flexibility index (Phi) is 4.14. The zero-order valence-corrected chi connectivity index (χ0v) is 14.6. The first kappa shape index (κ1) is 15.8. The third-order valence-corrected chi connectivity index (χ3v) is 5.77. The van der Waals surface area contributed by atoms with Gasteiger partial charge in [-0.1, -0.05) is 5.16 Å². The standard InChI is InChI=1S/C17H21N3O3S/c1-12-18-16(23-19-12)14-2-4-17(22-14)5-7-20(8-6-17)15(21)10-13-3-9-24-11-13/h3,9,11,14H,2,4-8,10H2,1H3/t14-/m1/s1. The lowest BCUT2D eigenvalue weighted by Crippen LogP contribution is -2.46. The molecule has 4 heterocycles. The molecule has 0 N–H and O–H groups in total. The Bertz CT molecular complexity index is 704. The van der Waals surface area contributed by atoms with Gasteiger partial charge in [0.2, 0.25) is 5.91 Å². The van der Waals surface area contributed by atoms with Crippen molar-refractivity contribution < 1.29 is 14.1 Å². The first-order valence-electron chi connectivity index (χ1n) is 8.40. The van der Waals surface area contributed by atoms with Crippen LogP contribution in [0.3, 0.4) is 0 Å². The number of nitrogens with zero attached hydrogens (tertiary/aromatic N) is 3. The largest absolute Gasteiger partial charge is 0.362 e.